The molecule has 0 saturated carbocycles. The highest BCUT2D eigenvalue weighted by molar-refractivity contribution is 6.33. The Morgan fingerprint density at radius 1 is 1.38 bits per heavy atom. The monoisotopic (exact) mass is 193 g/mol. The number of aromatic amines is 1. The summed E-state index contributed by atoms with van der Waals surface area (Å²) in [6, 6.07) is 5.84. The number of halogens is 1. The Bertz CT molecular complexity index is 409. The van der Waals surface area contributed by atoms with Crippen LogP contribution in [0.25, 0.3) is 11.3 Å². The van der Waals surface area contributed by atoms with Crippen LogP contribution >= 0.6 is 11.6 Å². The van der Waals surface area contributed by atoms with E-state index in [1.165, 1.54) is 0 Å². The van der Waals surface area contributed by atoms with Gasteiger partial charge in [-0.05, 0) is 18.6 Å². The van der Waals surface area contributed by atoms with Crippen molar-refractivity contribution in [2.45, 2.75) is 6.92 Å². The van der Waals surface area contributed by atoms with Gasteiger partial charge in [-0.1, -0.05) is 28.9 Å². The Labute approximate surface area is 80.7 Å². The van der Waals surface area contributed by atoms with E-state index in [9.17, 15) is 0 Å². The maximum absolute atomic E-state index is 6.04. The first kappa shape index (κ1) is 8.26. The van der Waals surface area contributed by atoms with E-state index >= 15 is 0 Å². The minimum absolute atomic E-state index is 0.703. The lowest BCUT2D eigenvalue weighted by molar-refractivity contribution is 0.942. The van der Waals surface area contributed by atoms with E-state index in [0.717, 1.165) is 16.8 Å². The molecule has 0 spiro atoms. The Kier molecular flexibility index (Phi) is 2.02. The number of H-pyrrole nitrogens is 1. The number of nitrogens with zero attached hydrogens (tertiary/aromatic N) is 2. The zero-order valence-corrected chi connectivity index (χ0v) is 7.84. The Balaban J connectivity index is 2.53. The van der Waals surface area contributed by atoms with E-state index in [0.29, 0.717) is 5.02 Å². The van der Waals surface area contributed by atoms with Crippen LogP contribution in [0.5, 0.6) is 0 Å². The van der Waals surface area contributed by atoms with Gasteiger partial charge in [-0.15, -0.1) is 5.10 Å². The van der Waals surface area contributed by atoms with Gasteiger partial charge in [0, 0.05) is 5.56 Å². The minimum atomic E-state index is 0.703. The topological polar surface area (TPSA) is 41.6 Å². The molecule has 66 valence electrons. The first-order chi connectivity index (χ1) is 6.27. The van der Waals surface area contributed by atoms with Crippen molar-refractivity contribution in [2.75, 3.05) is 0 Å². The molecule has 3 nitrogen and oxygen atoms in total. The largest absolute Gasteiger partial charge is 0.265 e. The SMILES string of the molecule is Cc1ccc(-c2c[nH]nn2)c(Cl)c1. The molecule has 0 aliphatic heterocycles. The van der Waals surface area contributed by atoms with Crippen molar-refractivity contribution in [3.8, 4) is 11.3 Å². The average molecular weight is 194 g/mol. The quantitative estimate of drug-likeness (QED) is 0.756. The highest BCUT2D eigenvalue weighted by Gasteiger charge is 2.05. The number of benzene rings is 1. The molecule has 0 radical (unpaired) electrons. The van der Waals surface area contributed by atoms with E-state index in [-0.39, 0.29) is 0 Å². The summed E-state index contributed by atoms with van der Waals surface area (Å²) in [7, 11) is 0. The summed E-state index contributed by atoms with van der Waals surface area (Å²) in [4.78, 5) is 0. The molecule has 0 bridgehead atoms. The number of rotatable bonds is 1. The van der Waals surface area contributed by atoms with Crippen LogP contribution in [-0.4, -0.2) is 15.4 Å². The molecule has 0 saturated heterocycles. The third-order valence-corrected chi connectivity index (χ3v) is 2.13. The minimum Gasteiger partial charge on any atom is -0.265 e. The Morgan fingerprint density at radius 3 is 2.85 bits per heavy atom. The number of nitrogens with one attached hydrogen (secondary N) is 1. The molecule has 0 amide bonds. The molecule has 0 unspecified atom stereocenters. The molecule has 0 aliphatic carbocycles. The summed E-state index contributed by atoms with van der Waals surface area (Å²) < 4.78 is 0. The van der Waals surface area contributed by atoms with Crippen LogP contribution in [0.3, 0.4) is 0 Å². The van der Waals surface area contributed by atoms with Crippen molar-refractivity contribution < 1.29 is 0 Å². The molecule has 1 N–H and O–H groups in total. The molecule has 1 heterocycles. The van der Waals surface area contributed by atoms with E-state index in [1.807, 2.05) is 25.1 Å². The van der Waals surface area contributed by atoms with Crippen LogP contribution in [0.4, 0.5) is 0 Å². The molecule has 4 heteroatoms. The van der Waals surface area contributed by atoms with Crippen LogP contribution in [0.2, 0.25) is 5.02 Å². The van der Waals surface area contributed by atoms with E-state index in [4.69, 9.17) is 11.6 Å². The van der Waals surface area contributed by atoms with Gasteiger partial charge >= 0.3 is 0 Å². The summed E-state index contributed by atoms with van der Waals surface area (Å²) in [6.45, 7) is 2.00. The molecule has 0 fully saturated rings. The second kappa shape index (κ2) is 3.18. The van der Waals surface area contributed by atoms with Crippen molar-refractivity contribution in [3.05, 3.63) is 35.0 Å². The second-order valence-corrected chi connectivity index (χ2v) is 3.25. The van der Waals surface area contributed by atoms with Gasteiger partial charge in [-0.3, -0.25) is 5.10 Å². The zero-order chi connectivity index (χ0) is 9.26. The van der Waals surface area contributed by atoms with Gasteiger partial charge in [-0.2, -0.15) is 0 Å². The second-order valence-electron chi connectivity index (χ2n) is 2.84. The number of aromatic nitrogens is 3. The lowest BCUT2D eigenvalue weighted by atomic mass is 10.1. The molecule has 1 aromatic carbocycles. The highest BCUT2D eigenvalue weighted by Crippen LogP contribution is 2.26. The van der Waals surface area contributed by atoms with Gasteiger partial charge in [0.15, 0.2) is 0 Å². The Hall–Kier alpha value is -1.35. The van der Waals surface area contributed by atoms with Gasteiger partial charge in [0.05, 0.1) is 11.2 Å². The fourth-order valence-electron chi connectivity index (χ4n) is 1.16. The normalized spacial score (nSPS) is 10.3. The maximum atomic E-state index is 6.04. The smallest absolute Gasteiger partial charge is 0.114 e. The highest BCUT2D eigenvalue weighted by atomic mass is 35.5. The van der Waals surface area contributed by atoms with Crippen molar-refractivity contribution in [1.29, 1.82) is 0 Å². The van der Waals surface area contributed by atoms with Gasteiger partial charge < -0.3 is 0 Å². The van der Waals surface area contributed by atoms with Gasteiger partial charge in [-0.25, -0.2) is 0 Å². The summed E-state index contributed by atoms with van der Waals surface area (Å²) in [5.41, 5.74) is 2.81. The predicted octanol–water partition coefficient (Wildman–Crippen LogP) is 2.43. The van der Waals surface area contributed by atoms with Crippen LogP contribution < -0.4 is 0 Å². The number of hydrogen-bond acceptors (Lipinski definition) is 2. The van der Waals surface area contributed by atoms with Crippen molar-refractivity contribution in [3.63, 3.8) is 0 Å². The van der Waals surface area contributed by atoms with Crippen LogP contribution in [0.15, 0.2) is 24.4 Å². The van der Waals surface area contributed by atoms with E-state index < -0.39 is 0 Å². The lowest BCUT2D eigenvalue weighted by Gasteiger charge is -2.00. The summed E-state index contributed by atoms with van der Waals surface area (Å²) in [6.07, 6.45) is 1.72. The van der Waals surface area contributed by atoms with Crippen LogP contribution in [0.1, 0.15) is 5.56 Å². The van der Waals surface area contributed by atoms with Crippen LogP contribution in [0, 0.1) is 6.92 Å². The molecule has 2 rings (SSSR count). The standard InChI is InChI=1S/C9H8ClN3/c1-6-2-3-7(8(10)4-6)9-5-11-13-12-9/h2-5H,1H3,(H,11,12,13). The van der Waals surface area contributed by atoms with Gasteiger partial charge in [0.25, 0.3) is 0 Å². The molecule has 0 aliphatic rings. The fourth-order valence-corrected chi connectivity index (χ4v) is 1.49. The third kappa shape index (κ3) is 1.55. The zero-order valence-electron chi connectivity index (χ0n) is 7.08. The average Bonchev–Trinajstić information content (AvgIpc) is 2.56. The van der Waals surface area contributed by atoms with E-state index in [1.54, 1.807) is 6.20 Å². The lowest BCUT2D eigenvalue weighted by Crippen LogP contribution is -1.81. The maximum Gasteiger partial charge on any atom is 0.114 e. The third-order valence-electron chi connectivity index (χ3n) is 1.82. The van der Waals surface area contributed by atoms with Crippen molar-refractivity contribution in [2.24, 2.45) is 0 Å². The summed E-state index contributed by atoms with van der Waals surface area (Å²) >= 11 is 6.04. The fraction of sp³-hybridized carbons (Fsp3) is 0.111. The molecule has 1 aromatic heterocycles. The Morgan fingerprint density at radius 2 is 2.23 bits per heavy atom. The first-order valence-electron chi connectivity index (χ1n) is 3.90. The van der Waals surface area contributed by atoms with Crippen molar-refractivity contribution in [1.82, 2.24) is 15.4 Å². The number of hydrogen-bond donors (Lipinski definition) is 1. The summed E-state index contributed by atoms with van der Waals surface area (Å²) in [5, 5.41) is 10.9. The van der Waals surface area contributed by atoms with E-state index in [2.05, 4.69) is 15.4 Å². The predicted molar refractivity (Wildman–Crippen MR) is 51.6 cm³/mol. The summed E-state index contributed by atoms with van der Waals surface area (Å²) in [5.74, 6) is 0. The molecule has 0 atom stereocenters. The van der Waals surface area contributed by atoms with Gasteiger partial charge in [0.2, 0.25) is 0 Å². The molecule has 2 aromatic rings. The van der Waals surface area contributed by atoms with Crippen LogP contribution in [-0.2, 0) is 0 Å². The molecular weight excluding hydrogens is 186 g/mol. The number of aryl methyl sites for hydroxylation is 1. The molecule has 13 heavy (non-hydrogen) atoms. The van der Waals surface area contributed by atoms with Gasteiger partial charge in [0.1, 0.15) is 5.69 Å². The van der Waals surface area contributed by atoms with Crippen molar-refractivity contribution >= 4 is 11.6 Å². The molecular formula is C9H8ClN3. The first-order valence-corrected chi connectivity index (χ1v) is 4.28.